The highest BCUT2D eigenvalue weighted by Gasteiger charge is 2.07. The lowest BCUT2D eigenvalue weighted by Crippen LogP contribution is -1.96. The van der Waals surface area contributed by atoms with Crippen molar-refractivity contribution in [2.75, 3.05) is 11.1 Å². The summed E-state index contributed by atoms with van der Waals surface area (Å²) in [6.07, 6.45) is 1.71. The van der Waals surface area contributed by atoms with Crippen molar-refractivity contribution in [2.24, 2.45) is 0 Å². The van der Waals surface area contributed by atoms with Crippen LogP contribution in [0.15, 0.2) is 53.1 Å². The first kappa shape index (κ1) is 12.9. The number of hydrogen-bond acceptors (Lipinski definition) is 3. The largest absolute Gasteiger partial charge is 0.398 e. The van der Waals surface area contributed by atoms with Crippen molar-refractivity contribution in [3.05, 3.63) is 59.0 Å². The van der Waals surface area contributed by atoms with Crippen LogP contribution in [0.5, 0.6) is 0 Å². The van der Waals surface area contributed by atoms with E-state index in [0.717, 1.165) is 21.1 Å². The molecule has 1 heterocycles. The summed E-state index contributed by atoms with van der Waals surface area (Å²) < 4.78 is 14.1. The van der Waals surface area contributed by atoms with Crippen LogP contribution >= 0.6 is 15.9 Å². The standard InChI is InChI=1S/C15H11BrFN3/c16-9-6-12-13(18)4-5-14(15(12)19-8-9)20-11-3-1-2-10(17)7-11/h1-8,20H,18H2. The number of rotatable bonds is 2. The Balaban J connectivity index is 2.10. The highest BCUT2D eigenvalue weighted by Crippen LogP contribution is 2.30. The van der Waals surface area contributed by atoms with E-state index in [-0.39, 0.29) is 5.82 Å². The Morgan fingerprint density at radius 3 is 2.80 bits per heavy atom. The summed E-state index contributed by atoms with van der Waals surface area (Å²) in [5, 5.41) is 4.01. The molecule has 1 aromatic heterocycles. The first-order valence-electron chi connectivity index (χ1n) is 6.00. The molecular formula is C15H11BrFN3. The summed E-state index contributed by atoms with van der Waals surface area (Å²) in [5.41, 5.74) is 8.81. The van der Waals surface area contributed by atoms with E-state index in [1.54, 1.807) is 24.4 Å². The highest BCUT2D eigenvalue weighted by molar-refractivity contribution is 9.10. The first-order valence-corrected chi connectivity index (χ1v) is 6.79. The maximum absolute atomic E-state index is 13.2. The van der Waals surface area contributed by atoms with Crippen LogP contribution in [0.1, 0.15) is 0 Å². The fourth-order valence-electron chi connectivity index (χ4n) is 2.04. The molecule has 0 fully saturated rings. The molecule has 3 rings (SSSR count). The van der Waals surface area contributed by atoms with E-state index in [0.29, 0.717) is 11.4 Å². The van der Waals surface area contributed by atoms with Gasteiger partial charge in [-0.1, -0.05) is 6.07 Å². The molecule has 0 spiro atoms. The van der Waals surface area contributed by atoms with E-state index in [4.69, 9.17) is 5.73 Å². The number of nitrogens with two attached hydrogens (primary N) is 1. The molecule has 100 valence electrons. The average molecular weight is 332 g/mol. The molecule has 0 unspecified atom stereocenters. The fourth-order valence-corrected chi connectivity index (χ4v) is 2.37. The SMILES string of the molecule is Nc1ccc(Nc2cccc(F)c2)c2ncc(Br)cc12. The number of aromatic nitrogens is 1. The second-order valence-electron chi connectivity index (χ2n) is 4.39. The molecule has 0 atom stereocenters. The zero-order valence-electron chi connectivity index (χ0n) is 10.4. The molecule has 0 aliphatic rings. The lowest BCUT2D eigenvalue weighted by atomic mass is 10.1. The quantitative estimate of drug-likeness (QED) is 0.681. The van der Waals surface area contributed by atoms with Gasteiger partial charge >= 0.3 is 0 Å². The number of halogens is 2. The van der Waals surface area contributed by atoms with Crippen LogP contribution in [-0.4, -0.2) is 4.98 Å². The summed E-state index contributed by atoms with van der Waals surface area (Å²) in [6.45, 7) is 0. The molecule has 0 bridgehead atoms. The molecule has 0 aliphatic heterocycles. The van der Waals surface area contributed by atoms with Crippen LogP contribution in [0, 0.1) is 5.82 Å². The zero-order chi connectivity index (χ0) is 14.1. The predicted octanol–water partition coefficient (Wildman–Crippen LogP) is 4.46. The topological polar surface area (TPSA) is 50.9 Å². The minimum absolute atomic E-state index is 0.287. The van der Waals surface area contributed by atoms with Crippen molar-refractivity contribution in [2.45, 2.75) is 0 Å². The second-order valence-corrected chi connectivity index (χ2v) is 5.30. The Kier molecular flexibility index (Phi) is 3.28. The lowest BCUT2D eigenvalue weighted by Gasteiger charge is -2.11. The maximum Gasteiger partial charge on any atom is 0.125 e. The van der Waals surface area contributed by atoms with E-state index < -0.39 is 0 Å². The number of hydrogen-bond donors (Lipinski definition) is 2. The van der Waals surface area contributed by atoms with Crippen molar-refractivity contribution in [1.29, 1.82) is 0 Å². The third kappa shape index (κ3) is 2.44. The van der Waals surface area contributed by atoms with E-state index >= 15 is 0 Å². The van der Waals surface area contributed by atoms with Crippen LogP contribution in [-0.2, 0) is 0 Å². The molecule has 0 radical (unpaired) electrons. The summed E-state index contributed by atoms with van der Waals surface area (Å²) in [4.78, 5) is 4.38. The van der Waals surface area contributed by atoms with Crippen LogP contribution in [0.25, 0.3) is 10.9 Å². The molecule has 20 heavy (non-hydrogen) atoms. The van der Waals surface area contributed by atoms with Crippen molar-refractivity contribution in [3.63, 3.8) is 0 Å². The number of fused-ring (bicyclic) bond motifs is 1. The fraction of sp³-hybridized carbons (Fsp3) is 0. The average Bonchev–Trinajstić information content (AvgIpc) is 2.42. The van der Waals surface area contributed by atoms with Gasteiger partial charge in [0.15, 0.2) is 0 Å². The van der Waals surface area contributed by atoms with Gasteiger partial charge in [0.2, 0.25) is 0 Å². The summed E-state index contributed by atoms with van der Waals surface area (Å²) in [7, 11) is 0. The maximum atomic E-state index is 13.2. The van der Waals surface area contributed by atoms with Crippen LogP contribution in [0.3, 0.4) is 0 Å². The molecule has 0 amide bonds. The molecule has 2 aromatic carbocycles. The van der Waals surface area contributed by atoms with Gasteiger partial charge in [-0.25, -0.2) is 4.39 Å². The van der Waals surface area contributed by atoms with Crippen molar-refractivity contribution < 1.29 is 4.39 Å². The number of nitrogen functional groups attached to an aromatic ring is 1. The number of benzene rings is 2. The molecule has 3 N–H and O–H groups in total. The predicted molar refractivity (Wildman–Crippen MR) is 83.5 cm³/mol. The summed E-state index contributed by atoms with van der Waals surface area (Å²) in [5.74, 6) is -0.287. The number of nitrogens with zero attached hydrogens (tertiary/aromatic N) is 1. The third-order valence-electron chi connectivity index (χ3n) is 2.95. The van der Waals surface area contributed by atoms with Gasteiger partial charge in [-0.15, -0.1) is 0 Å². The van der Waals surface area contributed by atoms with Crippen molar-refractivity contribution in [1.82, 2.24) is 4.98 Å². The normalized spacial score (nSPS) is 10.7. The van der Waals surface area contributed by atoms with Crippen LogP contribution < -0.4 is 11.1 Å². The van der Waals surface area contributed by atoms with Gasteiger partial charge in [0, 0.05) is 27.4 Å². The molecule has 0 saturated carbocycles. The van der Waals surface area contributed by atoms with Crippen molar-refractivity contribution >= 4 is 43.9 Å². The number of pyridine rings is 1. The molecule has 5 heteroatoms. The van der Waals surface area contributed by atoms with Gasteiger partial charge in [-0.2, -0.15) is 0 Å². The monoisotopic (exact) mass is 331 g/mol. The van der Waals surface area contributed by atoms with Crippen molar-refractivity contribution in [3.8, 4) is 0 Å². The smallest absolute Gasteiger partial charge is 0.125 e. The molecule has 3 aromatic rings. The van der Waals surface area contributed by atoms with Gasteiger partial charge in [0.05, 0.1) is 11.2 Å². The Morgan fingerprint density at radius 1 is 1.15 bits per heavy atom. The summed E-state index contributed by atoms with van der Waals surface area (Å²) in [6, 6.07) is 11.8. The lowest BCUT2D eigenvalue weighted by molar-refractivity contribution is 0.628. The highest BCUT2D eigenvalue weighted by atomic mass is 79.9. The van der Waals surface area contributed by atoms with Crippen LogP contribution in [0.4, 0.5) is 21.5 Å². The Hall–Kier alpha value is -2.14. The minimum atomic E-state index is -0.287. The third-order valence-corrected chi connectivity index (χ3v) is 3.39. The Labute approximate surface area is 123 Å². The molecule has 0 saturated heterocycles. The van der Waals surface area contributed by atoms with E-state index in [9.17, 15) is 4.39 Å². The Morgan fingerprint density at radius 2 is 2.00 bits per heavy atom. The second kappa shape index (κ2) is 5.09. The first-order chi connectivity index (χ1) is 9.63. The minimum Gasteiger partial charge on any atom is -0.398 e. The van der Waals surface area contributed by atoms with Gasteiger partial charge < -0.3 is 11.1 Å². The van der Waals surface area contributed by atoms with Crippen LogP contribution in [0.2, 0.25) is 0 Å². The molecular weight excluding hydrogens is 321 g/mol. The van der Waals surface area contributed by atoms with Gasteiger partial charge in [0.1, 0.15) is 5.82 Å². The molecule has 3 nitrogen and oxygen atoms in total. The summed E-state index contributed by atoms with van der Waals surface area (Å²) >= 11 is 3.38. The zero-order valence-corrected chi connectivity index (χ0v) is 12.0. The van der Waals surface area contributed by atoms with Gasteiger partial charge in [0.25, 0.3) is 0 Å². The van der Waals surface area contributed by atoms with Gasteiger partial charge in [-0.3, -0.25) is 4.98 Å². The van der Waals surface area contributed by atoms with E-state index in [1.807, 2.05) is 12.1 Å². The van der Waals surface area contributed by atoms with Gasteiger partial charge in [-0.05, 0) is 52.3 Å². The molecule has 0 aliphatic carbocycles. The number of nitrogens with one attached hydrogen (secondary N) is 1. The van der Waals surface area contributed by atoms with E-state index in [2.05, 4.69) is 26.2 Å². The Bertz CT molecular complexity index is 789. The number of anilines is 3. The van der Waals surface area contributed by atoms with E-state index in [1.165, 1.54) is 12.1 Å².